The maximum absolute atomic E-state index is 12.5. The van der Waals surface area contributed by atoms with Gasteiger partial charge in [-0.15, -0.1) is 0 Å². The first-order valence-electron chi connectivity index (χ1n) is 10.8. The van der Waals surface area contributed by atoms with Crippen molar-refractivity contribution in [3.63, 3.8) is 0 Å². The van der Waals surface area contributed by atoms with E-state index in [0.717, 1.165) is 5.92 Å². The summed E-state index contributed by atoms with van der Waals surface area (Å²) in [7, 11) is 0. The van der Waals surface area contributed by atoms with Gasteiger partial charge in [-0.25, -0.2) is 0 Å². The second-order valence-electron chi connectivity index (χ2n) is 9.41. The number of carbonyl (C=O) groups is 1. The lowest BCUT2D eigenvalue weighted by Crippen LogP contribution is -2.42. The minimum Gasteiger partial charge on any atom is -0.353 e. The van der Waals surface area contributed by atoms with Gasteiger partial charge in [0.15, 0.2) is 0 Å². The molecule has 3 aliphatic carbocycles. The fourth-order valence-corrected chi connectivity index (χ4v) is 5.58. The molecule has 1 aromatic rings. The number of benzene rings is 1. The highest BCUT2D eigenvalue weighted by atomic mass is 16.1. The van der Waals surface area contributed by atoms with Crippen molar-refractivity contribution in [1.29, 1.82) is 0 Å². The van der Waals surface area contributed by atoms with Gasteiger partial charge in [-0.05, 0) is 92.8 Å². The summed E-state index contributed by atoms with van der Waals surface area (Å²) in [4.78, 5) is 15.2. The van der Waals surface area contributed by atoms with Gasteiger partial charge in [-0.2, -0.15) is 0 Å². The largest absolute Gasteiger partial charge is 0.353 e. The number of nitrogens with zero attached hydrogens (tertiary/aromatic N) is 1. The lowest BCUT2D eigenvalue weighted by molar-refractivity contribution is -0.122. The summed E-state index contributed by atoms with van der Waals surface area (Å²) in [6, 6.07) is 9.47. The monoisotopic (exact) mass is 352 g/mol. The van der Waals surface area contributed by atoms with Gasteiger partial charge in [0.05, 0.1) is 0 Å². The molecule has 1 amide bonds. The zero-order valence-electron chi connectivity index (χ0n) is 15.9. The van der Waals surface area contributed by atoms with Gasteiger partial charge in [0.1, 0.15) is 0 Å². The van der Waals surface area contributed by atoms with Gasteiger partial charge in [-0.1, -0.05) is 24.3 Å². The van der Waals surface area contributed by atoms with Gasteiger partial charge in [0.2, 0.25) is 5.91 Å². The molecule has 1 heterocycles. The summed E-state index contributed by atoms with van der Waals surface area (Å²) in [5.41, 5.74) is 3.36. The molecule has 3 nitrogen and oxygen atoms in total. The maximum Gasteiger partial charge on any atom is 0.220 e. The molecule has 3 fully saturated rings. The van der Waals surface area contributed by atoms with E-state index in [1.165, 1.54) is 76.6 Å². The van der Waals surface area contributed by atoms with Crippen LogP contribution >= 0.6 is 0 Å². The summed E-state index contributed by atoms with van der Waals surface area (Å²) in [6.45, 7) is 3.81. The van der Waals surface area contributed by atoms with Gasteiger partial charge in [0, 0.05) is 19.0 Å². The van der Waals surface area contributed by atoms with E-state index in [-0.39, 0.29) is 5.91 Å². The average molecular weight is 353 g/mol. The molecule has 4 aliphatic rings. The van der Waals surface area contributed by atoms with Crippen molar-refractivity contribution in [3.8, 4) is 0 Å². The molecule has 1 aromatic carbocycles. The molecule has 1 saturated heterocycles. The number of likely N-dealkylation sites (tertiary alicyclic amines) is 1. The van der Waals surface area contributed by atoms with Crippen LogP contribution < -0.4 is 5.32 Å². The molecular weight excluding hydrogens is 320 g/mol. The summed E-state index contributed by atoms with van der Waals surface area (Å²) in [5, 5.41) is 3.25. The zero-order chi connectivity index (χ0) is 17.6. The third-order valence-electron chi connectivity index (χ3n) is 7.54. The highest BCUT2D eigenvalue weighted by molar-refractivity contribution is 5.77. The van der Waals surface area contributed by atoms with Crippen LogP contribution in [-0.4, -0.2) is 36.5 Å². The number of carbonyl (C=O) groups excluding carboxylic acids is 1. The van der Waals surface area contributed by atoms with E-state index in [1.54, 1.807) is 5.56 Å². The average Bonchev–Trinajstić information content (AvgIpc) is 3.39. The fourth-order valence-electron chi connectivity index (χ4n) is 5.58. The molecule has 3 heteroatoms. The standard InChI is InChI=1S/C23H32N2O/c26-22(24-19-4-3-5-19)14-18-15-23(21-7-2-1-6-20(18)21)10-12-25(13-11-23)16-17-8-9-17/h1-2,6-7,17-19H,3-5,8-16H2,(H,24,26). The van der Waals surface area contributed by atoms with Crippen LogP contribution in [0.3, 0.4) is 0 Å². The molecule has 140 valence electrons. The van der Waals surface area contributed by atoms with E-state index in [4.69, 9.17) is 0 Å². The molecule has 2 saturated carbocycles. The Morgan fingerprint density at radius 1 is 1.12 bits per heavy atom. The zero-order valence-corrected chi connectivity index (χ0v) is 15.9. The number of fused-ring (bicyclic) bond motifs is 2. The molecule has 1 atom stereocenters. The number of rotatable bonds is 5. The summed E-state index contributed by atoms with van der Waals surface area (Å²) >= 11 is 0. The van der Waals surface area contributed by atoms with Crippen LogP contribution in [0.25, 0.3) is 0 Å². The Balaban J connectivity index is 1.28. The van der Waals surface area contributed by atoms with Crippen LogP contribution in [0.4, 0.5) is 0 Å². The topological polar surface area (TPSA) is 32.3 Å². The Labute approximate surface area is 157 Å². The third-order valence-corrected chi connectivity index (χ3v) is 7.54. The molecule has 0 bridgehead atoms. The molecule has 26 heavy (non-hydrogen) atoms. The van der Waals surface area contributed by atoms with E-state index in [1.807, 2.05) is 0 Å². The lowest BCUT2D eigenvalue weighted by Gasteiger charge is -2.40. The number of piperidine rings is 1. The van der Waals surface area contributed by atoms with Gasteiger partial charge >= 0.3 is 0 Å². The Morgan fingerprint density at radius 2 is 1.88 bits per heavy atom. The van der Waals surface area contributed by atoms with Crippen molar-refractivity contribution in [2.24, 2.45) is 5.92 Å². The molecule has 0 radical (unpaired) electrons. The van der Waals surface area contributed by atoms with Gasteiger partial charge in [-0.3, -0.25) is 4.79 Å². The molecule has 0 aromatic heterocycles. The first-order chi connectivity index (χ1) is 12.7. The number of amides is 1. The number of nitrogens with one attached hydrogen (secondary N) is 1. The quantitative estimate of drug-likeness (QED) is 0.869. The summed E-state index contributed by atoms with van der Waals surface area (Å²) in [6.07, 6.45) is 10.9. The normalized spacial score (nSPS) is 27.9. The Hall–Kier alpha value is -1.35. The Bertz CT molecular complexity index is 669. The van der Waals surface area contributed by atoms with E-state index in [0.29, 0.717) is 23.8 Å². The van der Waals surface area contributed by atoms with Crippen molar-refractivity contribution in [2.75, 3.05) is 19.6 Å². The minimum atomic E-state index is 0.276. The number of hydrogen-bond acceptors (Lipinski definition) is 2. The van der Waals surface area contributed by atoms with Crippen molar-refractivity contribution < 1.29 is 4.79 Å². The second kappa shape index (κ2) is 6.67. The van der Waals surface area contributed by atoms with Crippen molar-refractivity contribution in [1.82, 2.24) is 10.2 Å². The Kier molecular flexibility index (Phi) is 4.31. The first kappa shape index (κ1) is 16.8. The van der Waals surface area contributed by atoms with E-state index in [9.17, 15) is 4.79 Å². The smallest absolute Gasteiger partial charge is 0.220 e. The highest BCUT2D eigenvalue weighted by Crippen LogP contribution is 2.52. The summed E-state index contributed by atoms with van der Waals surface area (Å²) < 4.78 is 0. The van der Waals surface area contributed by atoms with Crippen molar-refractivity contribution >= 4 is 5.91 Å². The molecule has 1 spiro atoms. The highest BCUT2D eigenvalue weighted by Gasteiger charge is 2.46. The van der Waals surface area contributed by atoms with E-state index >= 15 is 0 Å². The van der Waals surface area contributed by atoms with Crippen molar-refractivity contribution in [2.45, 2.75) is 75.2 Å². The SMILES string of the molecule is O=C(CC1CC2(CCN(CC3CC3)CC2)c2ccccc21)NC1CCC1. The van der Waals surface area contributed by atoms with Crippen LogP contribution in [-0.2, 0) is 10.2 Å². The Morgan fingerprint density at radius 3 is 2.58 bits per heavy atom. The maximum atomic E-state index is 12.5. The van der Waals surface area contributed by atoms with Crippen LogP contribution in [0.15, 0.2) is 24.3 Å². The van der Waals surface area contributed by atoms with E-state index < -0.39 is 0 Å². The lowest BCUT2D eigenvalue weighted by atomic mass is 9.73. The predicted octanol–water partition coefficient (Wildman–Crippen LogP) is 3.98. The second-order valence-corrected chi connectivity index (χ2v) is 9.41. The third kappa shape index (κ3) is 3.19. The van der Waals surface area contributed by atoms with Crippen LogP contribution in [0.5, 0.6) is 0 Å². The molecule has 1 unspecified atom stereocenters. The fraction of sp³-hybridized carbons (Fsp3) is 0.696. The molecule has 5 rings (SSSR count). The predicted molar refractivity (Wildman–Crippen MR) is 104 cm³/mol. The number of hydrogen-bond donors (Lipinski definition) is 1. The molecule has 1 aliphatic heterocycles. The molecular formula is C23H32N2O. The van der Waals surface area contributed by atoms with Crippen LogP contribution in [0.1, 0.15) is 74.8 Å². The van der Waals surface area contributed by atoms with Crippen LogP contribution in [0.2, 0.25) is 0 Å². The van der Waals surface area contributed by atoms with Crippen molar-refractivity contribution in [3.05, 3.63) is 35.4 Å². The summed E-state index contributed by atoms with van der Waals surface area (Å²) in [5.74, 6) is 1.68. The van der Waals surface area contributed by atoms with E-state index in [2.05, 4.69) is 34.5 Å². The van der Waals surface area contributed by atoms with Gasteiger partial charge < -0.3 is 10.2 Å². The molecule has 1 N–H and O–H groups in total. The minimum absolute atomic E-state index is 0.276. The first-order valence-corrected chi connectivity index (χ1v) is 10.8. The van der Waals surface area contributed by atoms with Gasteiger partial charge in [0.25, 0.3) is 0 Å². The van der Waals surface area contributed by atoms with Crippen LogP contribution in [0, 0.1) is 5.92 Å².